The molecule has 5 heteroatoms. The van der Waals surface area contributed by atoms with Crippen molar-refractivity contribution in [3.63, 3.8) is 0 Å². The smallest absolute Gasteiger partial charge is 0.151 e. The van der Waals surface area contributed by atoms with Gasteiger partial charge in [-0.3, -0.25) is 0 Å². The minimum absolute atomic E-state index is 0.148. The summed E-state index contributed by atoms with van der Waals surface area (Å²) in [5.41, 5.74) is 0. The van der Waals surface area contributed by atoms with Gasteiger partial charge in [0.1, 0.15) is 0 Å². The molecule has 17 heavy (non-hydrogen) atoms. The summed E-state index contributed by atoms with van der Waals surface area (Å²) in [5.74, 6) is 1.41. The molecule has 4 nitrogen and oxygen atoms in total. The molecule has 1 atom stereocenters. The van der Waals surface area contributed by atoms with Crippen molar-refractivity contribution in [1.29, 1.82) is 0 Å². The van der Waals surface area contributed by atoms with Crippen LogP contribution in [0, 0.1) is 5.92 Å². The van der Waals surface area contributed by atoms with Crippen LogP contribution in [-0.4, -0.2) is 45.7 Å². The molecule has 0 bridgehead atoms. The maximum absolute atomic E-state index is 11.2. The Morgan fingerprint density at radius 2 is 1.94 bits per heavy atom. The van der Waals surface area contributed by atoms with E-state index >= 15 is 0 Å². The van der Waals surface area contributed by atoms with E-state index in [0.717, 1.165) is 25.5 Å². The Hall–Kier alpha value is -0.130. The van der Waals surface area contributed by atoms with E-state index in [1.807, 2.05) is 0 Å². The average Bonchev–Trinajstić information content (AvgIpc) is 2.88. The summed E-state index contributed by atoms with van der Waals surface area (Å²) in [4.78, 5) is 0. The highest BCUT2D eigenvalue weighted by atomic mass is 32.2. The third-order valence-electron chi connectivity index (χ3n) is 3.74. The Labute approximate surface area is 104 Å². The van der Waals surface area contributed by atoms with Crippen molar-refractivity contribution in [3.05, 3.63) is 0 Å². The lowest BCUT2D eigenvalue weighted by molar-refractivity contribution is 0.102. The van der Waals surface area contributed by atoms with Gasteiger partial charge >= 0.3 is 0 Å². The molecule has 1 aliphatic carbocycles. The third-order valence-corrected chi connectivity index (χ3v) is 5.51. The van der Waals surface area contributed by atoms with Crippen LogP contribution in [0.1, 0.15) is 32.1 Å². The average molecular weight is 261 g/mol. The molecule has 0 spiro atoms. The van der Waals surface area contributed by atoms with Crippen molar-refractivity contribution in [2.45, 2.75) is 38.1 Å². The number of sulfone groups is 1. The van der Waals surface area contributed by atoms with E-state index in [4.69, 9.17) is 4.74 Å². The molecule has 2 aliphatic rings. The molecule has 0 amide bonds. The molecule has 0 aromatic heterocycles. The van der Waals surface area contributed by atoms with Crippen LogP contribution in [0.4, 0.5) is 0 Å². The molecule has 2 fully saturated rings. The Balaban J connectivity index is 1.49. The Kier molecular flexibility index (Phi) is 4.82. The van der Waals surface area contributed by atoms with E-state index < -0.39 is 9.84 Å². The molecule has 2 rings (SSSR count). The van der Waals surface area contributed by atoms with Gasteiger partial charge in [0.2, 0.25) is 0 Å². The van der Waals surface area contributed by atoms with Gasteiger partial charge in [-0.25, -0.2) is 8.42 Å². The molecule has 1 N–H and O–H groups in total. The molecule has 1 saturated carbocycles. The maximum Gasteiger partial charge on any atom is 0.151 e. The normalized spacial score (nSPS) is 28.8. The van der Waals surface area contributed by atoms with Crippen LogP contribution in [0.25, 0.3) is 0 Å². The van der Waals surface area contributed by atoms with Crippen LogP contribution in [0.3, 0.4) is 0 Å². The van der Waals surface area contributed by atoms with E-state index in [-0.39, 0.29) is 6.04 Å². The highest BCUT2D eigenvalue weighted by Gasteiger charge is 2.27. The third kappa shape index (κ3) is 4.56. The quantitative estimate of drug-likeness (QED) is 0.724. The fraction of sp³-hybridized carbons (Fsp3) is 1.00. The Morgan fingerprint density at radius 3 is 2.59 bits per heavy atom. The summed E-state index contributed by atoms with van der Waals surface area (Å²) in [6, 6.07) is 0.148. The minimum Gasteiger partial charge on any atom is -0.380 e. The molecule has 0 radical (unpaired) electrons. The lowest BCUT2D eigenvalue weighted by atomic mass is 10.1. The van der Waals surface area contributed by atoms with Crippen LogP contribution >= 0.6 is 0 Å². The van der Waals surface area contributed by atoms with Crippen LogP contribution in [0.5, 0.6) is 0 Å². The monoisotopic (exact) mass is 261 g/mol. The van der Waals surface area contributed by atoms with Crippen LogP contribution in [-0.2, 0) is 14.6 Å². The number of ether oxygens (including phenoxy) is 1. The lowest BCUT2D eigenvalue weighted by Crippen LogP contribution is -2.33. The number of rotatable bonds is 6. The molecular formula is C12H23NO3S. The van der Waals surface area contributed by atoms with Gasteiger partial charge in [-0.05, 0) is 25.2 Å². The second-order valence-corrected chi connectivity index (χ2v) is 7.51. The molecule has 1 unspecified atom stereocenters. The largest absolute Gasteiger partial charge is 0.380 e. The first-order valence-corrected chi connectivity index (χ1v) is 8.49. The van der Waals surface area contributed by atoms with Gasteiger partial charge in [0.25, 0.3) is 0 Å². The Morgan fingerprint density at radius 1 is 1.18 bits per heavy atom. The van der Waals surface area contributed by atoms with Gasteiger partial charge in [-0.1, -0.05) is 12.8 Å². The number of nitrogens with one attached hydrogen (secondary N) is 1. The van der Waals surface area contributed by atoms with Crippen molar-refractivity contribution in [1.82, 2.24) is 5.32 Å². The van der Waals surface area contributed by atoms with E-state index in [1.54, 1.807) is 0 Å². The highest BCUT2D eigenvalue weighted by Crippen LogP contribution is 2.24. The first kappa shape index (κ1) is 13.3. The zero-order valence-corrected chi connectivity index (χ0v) is 11.2. The van der Waals surface area contributed by atoms with E-state index in [1.165, 1.54) is 25.7 Å². The lowest BCUT2D eigenvalue weighted by Gasteiger charge is -2.12. The van der Waals surface area contributed by atoms with Crippen molar-refractivity contribution in [2.75, 3.05) is 31.3 Å². The fourth-order valence-corrected chi connectivity index (χ4v) is 4.43. The van der Waals surface area contributed by atoms with Crippen molar-refractivity contribution in [3.8, 4) is 0 Å². The van der Waals surface area contributed by atoms with Crippen molar-refractivity contribution < 1.29 is 13.2 Å². The summed E-state index contributed by atoms with van der Waals surface area (Å²) in [5, 5.41) is 3.26. The van der Waals surface area contributed by atoms with Crippen molar-refractivity contribution in [2.24, 2.45) is 5.92 Å². The van der Waals surface area contributed by atoms with Crippen LogP contribution in [0.2, 0.25) is 0 Å². The predicted octanol–water partition coefficient (Wildman–Crippen LogP) is 0.970. The maximum atomic E-state index is 11.2. The number of hydrogen-bond donors (Lipinski definition) is 1. The molecule has 100 valence electrons. The first-order chi connectivity index (χ1) is 8.16. The minimum atomic E-state index is -2.75. The summed E-state index contributed by atoms with van der Waals surface area (Å²) < 4.78 is 28.1. The van der Waals surface area contributed by atoms with Gasteiger partial charge in [-0.2, -0.15) is 0 Å². The molecule has 1 saturated heterocycles. The standard InChI is InChI=1S/C12H23NO3S/c14-17(15)8-5-12(10-17)13-6-7-16-9-11-3-1-2-4-11/h11-13H,1-10H2. The molecule has 1 heterocycles. The topological polar surface area (TPSA) is 55.4 Å². The van der Waals surface area contributed by atoms with Crippen molar-refractivity contribution >= 4 is 9.84 Å². The molecular weight excluding hydrogens is 238 g/mol. The summed E-state index contributed by atoms with van der Waals surface area (Å²) >= 11 is 0. The zero-order valence-electron chi connectivity index (χ0n) is 10.4. The zero-order chi connectivity index (χ0) is 12.1. The van der Waals surface area contributed by atoms with E-state index in [2.05, 4.69) is 5.32 Å². The second-order valence-electron chi connectivity index (χ2n) is 5.28. The predicted molar refractivity (Wildman–Crippen MR) is 67.8 cm³/mol. The van der Waals surface area contributed by atoms with Gasteiger partial charge in [0, 0.05) is 19.2 Å². The van der Waals surface area contributed by atoms with Gasteiger partial charge in [0.15, 0.2) is 9.84 Å². The van der Waals surface area contributed by atoms with Gasteiger partial charge in [-0.15, -0.1) is 0 Å². The Bertz CT molecular complexity index is 323. The van der Waals surface area contributed by atoms with Crippen LogP contribution in [0.15, 0.2) is 0 Å². The van der Waals surface area contributed by atoms with E-state index in [0.29, 0.717) is 18.1 Å². The summed E-state index contributed by atoms with van der Waals surface area (Å²) in [6.07, 6.45) is 6.09. The van der Waals surface area contributed by atoms with Crippen LogP contribution < -0.4 is 5.32 Å². The molecule has 0 aromatic rings. The first-order valence-electron chi connectivity index (χ1n) is 6.67. The summed E-state index contributed by atoms with van der Waals surface area (Å²) in [6.45, 7) is 2.35. The molecule has 1 aliphatic heterocycles. The second kappa shape index (κ2) is 6.16. The fourth-order valence-electron chi connectivity index (χ4n) is 2.72. The van der Waals surface area contributed by atoms with Gasteiger partial charge < -0.3 is 10.1 Å². The summed E-state index contributed by atoms with van der Waals surface area (Å²) in [7, 11) is -2.75. The SMILES string of the molecule is O=S1(=O)CCC(NCCOCC2CCCC2)C1. The highest BCUT2D eigenvalue weighted by molar-refractivity contribution is 7.91. The molecule has 0 aromatic carbocycles. The van der Waals surface area contributed by atoms with Gasteiger partial charge in [0.05, 0.1) is 18.1 Å². The number of hydrogen-bond acceptors (Lipinski definition) is 4. The van der Waals surface area contributed by atoms with E-state index in [9.17, 15) is 8.42 Å².